The van der Waals surface area contributed by atoms with Crippen LogP contribution in [-0.2, 0) is 14.8 Å². The second-order valence-corrected chi connectivity index (χ2v) is 9.24. The first-order valence-electron chi connectivity index (χ1n) is 9.00. The molecule has 0 spiro atoms. The first-order valence-corrected chi connectivity index (χ1v) is 10.5. The zero-order chi connectivity index (χ0) is 16.6. The summed E-state index contributed by atoms with van der Waals surface area (Å²) >= 11 is 0. The number of nitrogens with zero attached hydrogens (tertiary/aromatic N) is 1. The summed E-state index contributed by atoms with van der Waals surface area (Å²) in [7, 11) is -3.42. The van der Waals surface area contributed by atoms with Crippen LogP contribution in [-0.4, -0.2) is 52.2 Å². The molecule has 0 radical (unpaired) electrons. The van der Waals surface area contributed by atoms with Crippen LogP contribution in [0.25, 0.3) is 0 Å². The number of hydrogen-bond acceptors (Lipinski definition) is 4. The van der Waals surface area contributed by atoms with E-state index in [9.17, 15) is 8.42 Å². The number of ether oxygens (including phenoxy) is 1. The van der Waals surface area contributed by atoms with E-state index in [0.717, 1.165) is 19.0 Å². The largest absolute Gasteiger partial charge is 0.376 e. The maximum absolute atomic E-state index is 12.4. The standard InChI is InChI=1S/C18H26N2O3S/c21-24(22,16-7-2-1-3-8-16)19-9-15-13-23-18-12-20(11-17(15)18)10-14-5-4-6-14/h1-3,7-8,14-15,17-19H,4-6,9-13H2/t15-,17-,18-/m1/s1. The zero-order valence-corrected chi connectivity index (χ0v) is 14.7. The number of sulfonamides is 1. The number of fused-ring (bicyclic) bond motifs is 1. The minimum Gasteiger partial charge on any atom is -0.376 e. The highest BCUT2D eigenvalue weighted by atomic mass is 32.2. The predicted octanol–water partition coefficient (Wildman–Crippen LogP) is 1.71. The molecular weight excluding hydrogens is 324 g/mol. The normalized spacial score (nSPS) is 31.1. The molecule has 5 nitrogen and oxygen atoms in total. The van der Waals surface area contributed by atoms with Crippen molar-refractivity contribution in [3.05, 3.63) is 30.3 Å². The molecule has 1 N–H and O–H groups in total. The third-order valence-electron chi connectivity index (χ3n) is 5.84. The molecule has 3 fully saturated rings. The molecule has 1 saturated carbocycles. The summed E-state index contributed by atoms with van der Waals surface area (Å²) in [5.74, 6) is 1.61. The summed E-state index contributed by atoms with van der Waals surface area (Å²) in [6, 6.07) is 8.58. The third kappa shape index (κ3) is 3.38. The second-order valence-electron chi connectivity index (χ2n) is 7.48. The zero-order valence-electron chi connectivity index (χ0n) is 13.9. The number of nitrogens with one attached hydrogen (secondary N) is 1. The first kappa shape index (κ1) is 16.5. The molecule has 1 aromatic rings. The van der Waals surface area contributed by atoms with Gasteiger partial charge in [-0.15, -0.1) is 0 Å². The van der Waals surface area contributed by atoms with Crippen LogP contribution in [0.1, 0.15) is 19.3 Å². The van der Waals surface area contributed by atoms with Crippen molar-refractivity contribution in [1.29, 1.82) is 0 Å². The molecule has 4 rings (SSSR count). The molecule has 3 aliphatic rings. The van der Waals surface area contributed by atoms with Gasteiger partial charge in [-0.25, -0.2) is 13.1 Å². The molecule has 0 aromatic heterocycles. The van der Waals surface area contributed by atoms with Crippen LogP contribution < -0.4 is 4.72 Å². The van der Waals surface area contributed by atoms with Gasteiger partial charge in [0, 0.05) is 38.0 Å². The van der Waals surface area contributed by atoms with Crippen molar-refractivity contribution in [2.45, 2.75) is 30.3 Å². The van der Waals surface area contributed by atoms with Gasteiger partial charge < -0.3 is 9.64 Å². The lowest BCUT2D eigenvalue weighted by atomic mass is 9.85. The van der Waals surface area contributed by atoms with Crippen LogP contribution in [0.15, 0.2) is 35.2 Å². The Hall–Kier alpha value is -0.950. The minimum atomic E-state index is -3.42. The molecule has 3 atom stereocenters. The van der Waals surface area contributed by atoms with Crippen molar-refractivity contribution in [3.8, 4) is 0 Å². The SMILES string of the molecule is O=S(=O)(NC[C@@H]1CO[C@@H]2CN(CC3CCC3)C[C@H]12)c1ccccc1. The van der Waals surface area contributed by atoms with Crippen molar-refractivity contribution < 1.29 is 13.2 Å². The molecule has 2 heterocycles. The van der Waals surface area contributed by atoms with E-state index >= 15 is 0 Å². The van der Waals surface area contributed by atoms with Crippen LogP contribution in [0, 0.1) is 17.8 Å². The van der Waals surface area contributed by atoms with Gasteiger partial charge in [0.15, 0.2) is 0 Å². The first-order chi connectivity index (χ1) is 11.6. The minimum absolute atomic E-state index is 0.278. The average molecular weight is 350 g/mol. The Morgan fingerprint density at radius 2 is 1.96 bits per heavy atom. The molecule has 24 heavy (non-hydrogen) atoms. The molecule has 0 amide bonds. The number of likely N-dealkylation sites (tertiary alicyclic amines) is 1. The maximum atomic E-state index is 12.4. The maximum Gasteiger partial charge on any atom is 0.240 e. The van der Waals surface area contributed by atoms with Crippen molar-refractivity contribution in [3.63, 3.8) is 0 Å². The quantitative estimate of drug-likeness (QED) is 0.849. The molecule has 0 bridgehead atoms. The molecule has 0 unspecified atom stereocenters. The highest BCUT2D eigenvalue weighted by Gasteiger charge is 2.44. The van der Waals surface area contributed by atoms with E-state index < -0.39 is 10.0 Å². The van der Waals surface area contributed by atoms with E-state index in [2.05, 4.69) is 9.62 Å². The van der Waals surface area contributed by atoms with Crippen LogP contribution in [0.2, 0.25) is 0 Å². The summed E-state index contributed by atoms with van der Waals surface area (Å²) in [5, 5.41) is 0. The second kappa shape index (κ2) is 6.75. The number of benzene rings is 1. The van der Waals surface area contributed by atoms with Gasteiger partial charge in [0.2, 0.25) is 10.0 Å². The lowest BCUT2D eigenvalue weighted by Crippen LogP contribution is -2.35. The van der Waals surface area contributed by atoms with Gasteiger partial charge in [0.25, 0.3) is 0 Å². The van der Waals surface area contributed by atoms with Gasteiger partial charge in [0.1, 0.15) is 0 Å². The summed E-state index contributed by atoms with van der Waals surface area (Å²) in [6.45, 7) is 4.40. The Balaban J connectivity index is 1.32. The van der Waals surface area contributed by atoms with E-state index in [1.165, 1.54) is 25.8 Å². The van der Waals surface area contributed by atoms with Crippen molar-refractivity contribution in [2.24, 2.45) is 17.8 Å². The molecule has 2 aliphatic heterocycles. The molecule has 6 heteroatoms. The monoisotopic (exact) mass is 350 g/mol. The van der Waals surface area contributed by atoms with Gasteiger partial charge in [-0.2, -0.15) is 0 Å². The van der Waals surface area contributed by atoms with Crippen LogP contribution in [0.4, 0.5) is 0 Å². The lowest BCUT2D eigenvalue weighted by Gasteiger charge is -2.30. The van der Waals surface area contributed by atoms with Crippen molar-refractivity contribution in [1.82, 2.24) is 9.62 Å². The molecule has 132 valence electrons. The Bertz CT molecular complexity index is 660. The highest BCUT2D eigenvalue weighted by Crippen LogP contribution is 2.36. The lowest BCUT2D eigenvalue weighted by molar-refractivity contribution is 0.0886. The fourth-order valence-electron chi connectivity index (χ4n) is 4.18. The Kier molecular flexibility index (Phi) is 4.64. The van der Waals surface area contributed by atoms with E-state index in [-0.39, 0.29) is 12.0 Å². The van der Waals surface area contributed by atoms with E-state index in [0.29, 0.717) is 24.0 Å². The van der Waals surface area contributed by atoms with Gasteiger partial charge in [-0.3, -0.25) is 0 Å². The Morgan fingerprint density at radius 1 is 1.17 bits per heavy atom. The topological polar surface area (TPSA) is 58.6 Å². The average Bonchev–Trinajstić information content (AvgIpc) is 3.10. The molecule has 1 aliphatic carbocycles. The Morgan fingerprint density at radius 3 is 2.67 bits per heavy atom. The van der Waals surface area contributed by atoms with Gasteiger partial charge in [-0.05, 0) is 30.9 Å². The van der Waals surface area contributed by atoms with Crippen molar-refractivity contribution >= 4 is 10.0 Å². The fraction of sp³-hybridized carbons (Fsp3) is 0.667. The van der Waals surface area contributed by atoms with Gasteiger partial charge in [0.05, 0.1) is 17.6 Å². The van der Waals surface area contributed by atoms with E-state index in [4.69, 9.17) is 4.74 Å². The van der Waals surface area contributed by atoms with Gasteiger partial charge >= 0.3 is 0 Å². The summed E-state index contributed by atoms with van der Waals surface area (Å²) in [6.07, 6.45) is 4.41. The summed E-state index contributed by atoms with van der Waals surface area (Å²) < 4.78 is 33.5. The fourth-order valence-corrected chi connectivity index (χ4v) is 5.30. The predicted molar refractivity (Wildman–Crippen MR) is 92.1 cm³/mol. The van der Waals surface area contributed by atoms with E-state index in [1.54, 1.807) is 24.3 Å². The Labute approximate surface area is 144 Å². The molecule has 2 saturated heterocycles. The van der Waals surface area contributed by atoms with Gasteiger partial charge in [-0.1, -0.05) is 24.6 Å². The smallest absolute Gasteiger partial charge is 0.240 e. The third-order valence-corrected chi connectivity index (χ3v) is 7.28. The molecular formula is C18H26N2O3S. The van der Waals surface area contributed by atoms with Crippen LogP contribution in [0.5, 0.6) is 0 Å². The summed E-state index contributed by atoms with van der Waals surface area (Å²) in [4.78, 5) is 2.86. The van der Waals surface area contributed by atoms with Crippen molar-refractivity contribution in [2.75, 3.05) is 32.8 Å². The number of hydrogen-bond donors (Lipinski definition) is 1. The number of rotatable bonds is 6. The summed E-state index contributed by atoms with van der Waals surface area (Å²) in [5.41, 5.74) is 0. The molecule has 1 aromatic carbocycles. The van der Waals surface area contributed by atoms with E-state index in [1.807, 2.05) is 6.07 Å². The van der Waals surface area contributed by atoms with Crippen LogP contribution >= 0.6 is 0 Å². The van der Waals surface area contributed by atoms with Crippen LogP contribution in [0.3, 0.4) is 0 Å². The highest BCUT2D eigenvalue weighted by molar-refractivity contribution is 7.89.